The van der Waals surface area contributed by atoms with Crippen LogP contribution in [0.2, 0.25) is 0 Å². The van der Waals surface area contributed by atoms with Crippen molar-refractivity contribution in [2.24, 2.45) is 0 Å². The van der Waals surface area contributed by atoms with Crippen LogP contribution in [0.4, 0.5) is 0 Å². The number of fused-ring (bicyclic) bond motifs is 1. The molecule has 3 heterocycles. The van der Waals surface area contributed by atoms with E-state index in [-0.39, 0.29) is 17.1 Å². The van der Waals surface area contributed by atoms with Crippen molar-refractivity contribution in [3.05, 3.63) is 40.6 Å². The van der Waals surface area contributed by atoms with Crippen molar-refractivity contribution in [2.45, 2.75) is 61.4 Å². The summed E-state index contributed by atoms with van der Waals surface area (Å²) in [5.41, 5.74) is -1.33. The quantitative estimate of drug-likeness (QED) is 0.124. The van der Waals surface area contributed by atoms with Gasteiger partial charge in [0.05, 0.1) is 13.2 Å². The summed E-state index contributed by atoms with van der Waals surface area (Å²) in [6, 6.07) is 6.29. The standard InChI is InChI=1S/C27H30O17/c28-6-12-15(32)18(35)20(37)26(41-12)43-24-17(34)14-10(31)5-11(8-1-3-9(30)4-2-8)40-23(14)25(22(24)39)44-27-21(38)19(36)16(33)13(7-29)42-27/h1-5,12-13,15-16,18-21,26-30,32-39H,6-7H2/t12-,13-,15+,16+,18+,19+,20-,21-,26?,27?/m1/s1. The van der Waals surface area contributed by atoms with Gasteiger partial charge in [-0.2, -0.15) is 0 Å². The summed E-state index contributed by atoms with van der Waals surface area (Å²) in [6.07, 6.45) is -18.2. The van der Waals surface area contributed by atoms with Gasteiger partial charge in [0.15, 0.2) is 16.8 Å². The van der Waals surface area contributed by atoms with Gasteiger partial charge in [-0.3, -0.25) is 4.79 Å². The van der Waals surface area contributed by atoms with Gasteiger partial charge in [-0.1, -0.05) is 0 Å². The molecule has 2 aliphatic rings. The van der Waals surface area contributed by atoms with Crippen molar-refractivity contribution in [1.82, 2.24) is 0 Å². The van der Waals surface area contributed by atoms with Crippen LogP contribution in [0.3, 0.4) is 0 Å². The van der Waals surface area contributed by atoms with Crippen LogP contribution in [-0.4, -0.2) is 131 Å². The molecule has 5 rings (SSSR count). The molecule has 0 amide bonds. The summed E-state index contributed by atoms with van der Waals surface area (Å²) >= 11 is 0. The number of aromatic hydroxyl groups is 3. The normalized spacial score (nSPS) is 32.5. The number of aliphatic hydroxyl groups is 8. The zero-order chi connectivity index (χ0) is 32.0. The molecule has 0 bridgehead atoms. The highest BCUT2D eigenvalue weighted by Crippen LogP contribution is 2.51. The lowest BCUT2D eigenvalue weighted by Crippen LogP contribution is -2.60. The molecule has 2 aliphatic heterocycles. The molecule has 0 spiro atoms. The van der Waals surface area contributed by atoms with E-state index in [4.69, 9.17) is 23.4 Å². The van der Waals surface area contributed by atoms with Crippen LogP contribution in [0.15, 0.2) is 39.5 Å². The van der Waals surface area contributed by atoms with Gasteiger partial charge in [0.2, 0.25) is 29.8 Å². The minimum absolute atomic E-state index is 0.103. The number of hydrogen-bond donors (Lipinski definition) is 11. The second-order valence-corrected chi connectivity index (χ2v) is 10.2. The third kappa shape index (κ3) is 5.50. The third-order valence-electron chi connectivity index (χ3n) is 7.35. The molecule has 3 aromatic rings. The summed E-state index contributed by atoms with van der Waals surface area (Å²) in [7, 11) is 0. The van der Waals surface area contributed by atoms with Crippen LogP contribution in [0.25, 0.3) is 22.3 Å². The van der Waals surface area contributed by atoms with Crippen molar-refractivity contribution in [1.29, 1.82) is 0 Å². The Labute approximate surface area is 246 Å². The van der Waals surface area contributed by atoms with Crippen molar-refractivity contribution < 1.29 is 79.5 Å². The summed E-state index contributed by atoms with van der Waals surface area (Å²) in [4.78, 5) is 13.3. The summed E-state index contributed by atoms with van der Waals surface area (Å²) in [5.74, 6) is -4.28. The molecule has 10 atom stereocenters. The van der Waals surface area contributed by atoms with E-state index < -0.39 is 114 Å². The van der Waals surface area contributed by atoms with Gasteiger partial charge >= 0.3 is 0 Å². The van der Waals surface area contributed by atoms with E-state index in [1.165, 1.54) is 24.3 Å². The molecule has 2 fully saturated rings. The van der Waals surface area contributed by atoms with E-state index >= 15 is 0 Å². The Kier molecular flexibility index (Phi) is 8.87. The number of hydrogen-bond acceptors (Lipinski definition) is 17. The molecule has 11 N–H and O–H groups in total. The van der Waals surface area contributed by atoms with Crippen LogP contribution in [0.1, 0.15) is 0 Å². The Hall–Kier alpha value is -3.75. The second-order valence-electron chi connectivity index (χ2n) is 10.2. The molecule has 0 radical (unpaired) electrons. The fourth-order valence-electron chi connectivity index (χ4n) is 4.86. The van der Waals surface area contributed by atoms with Crippen molar-refractivity contribution in [3.63, 3.8) is 0 Å². The largest absolute Gasteiger partial charge is 0.508 e. The molecule has 17 heteroatoms. The maximum atomic E-state index is 13.3. The van der Waals surface area contributed by atoms with Gasteiger partial charge in [-0.15, -0.1) is 0 Å². The van der Waals surface area contributed by atoms with Gasteiger partial charge in [-0.05, 0) is 24.3 Å². The van der Waals surface area contributed by atoms with Crippen LogP contribution in [-0.2, 0) is 9.47 Å². The zero-order valence-corrected chi connectivity index (χ0v) is 22.4. The van der Waals surface area contributed by atoms with Gasteiger partial charge in [0, 0.05) is 11.6 Å². The third-order valence-corrected chi connectivity index (χ3v) is 7.35. The van der Waals surface area contributed by atoms with E-state index in [2.05, 4.69) is 0 Å². The van der Waals surface area contributed by atoms with Crippen molar-refractivity contribution in [3.8, 4) is 40.1 Å². The van der Waals surface area contributed by atoms with E-state index in [1.807, 2.05) is 0 Å². The predicted octanol–water partition coefficient (Wildman–Crippen LogP) is -3.07. The van der Waals surface area contributed by atoms with Crippen LogP contribution in [0, 0.1) is 0 Å². The average Bonchev–Trinajstić information content (AvgIpc) is 3.01. The minimum atomic E-state index is -2.01. The fraction of sp³-hybridized carbons (Fsp3) is 0.444. The second kappa shape index (κ2) is 12.3. The molecule has 2 aromatic carbocycles. The number of rotatable bonds is 7. The van der Waals surface area contributed by atoms with Gasteiger partial charge in [0.25, 0.3) is 0 Å². The van der Waals surface area contributed by atoms with Crippen LogP contribution < -0.4 is 14.9 Å². The lowest BCUT2D eigenvalue weighted by molar-refractivity contribution is -0.279. The smallest absolute Gasteiger partial charge is 0.229 e. The van der Waals surface area contributed by atoms with E-state index in [9.17, 15) is 61.0 Å². The number of phenols is 3. The summed E-state index contributed by atoms with van der Waals surface area (Å²) < 4.78 is 27.5. The molecule has 0 saturated carbocycles. The molecule has 1 aromatic heterocycles. The zero-order valence-electron chi connectivity index (χ0n) is 22.4. The van der Waals surface area contributed by atoms with Crippen molar-refractivity contribution >= 4 is 11.0 Å². The fourth-order valence-corrected chi connectivity index (χ4v) is 4.86. The number of aliphatic hydroxyl groups excluding tert-OH is 8. The monoisotopic (exact) mass is 626 g/mol. The van der Waals surface area contributed by atoms with E-state index in [1.54, 1.807) is 0 Å². The average molecular weight is 627 g/mol. The first-order valence-corrected chi connectivity index (χ1v) is 13.2. The van der Waals surface area contributed by atoms with Gasteiger partial charge in [0.1, 0.15) is 65.7 Å². The first-order chi connectivity index (χ1) is 20.9. The molecule has 240 valence electrons. The topological polar surface area (TPSA) is 290 Å². The molecule has 44 heavy (non-hydrogen) atoms. The summed E-state index contributed by atoms with van der Waals surface area (Å²) in [6.45, 7) is -1.67. The highest BCUT2D eigenvalue weighted by atomic mass is 16.7. The highest BCUT2D eigenvalue weighted by molar-refractivity contribution is 5.95. The van der Waals surface area contributed by atoms with E-state index in [0.717, 1.165) is 6.07 Å². The molecular formula is C27H30O17. The van der Waals surface area contributed by atoms with Crippen LogP contribution in [0.5, 0.6) is 28.7 Å². The Morgan fingerprint density at radius 3 is 1.66 bits per heavy atom. The molecule has 17 nitrogen and oxygen atoms in total. The molecule has 2 saturated heterocycles. The Balaban J connectivity index is 1.67. The molecule has 0 aliphatic carbocycles. The first kappa shape index (κ1) is 31.7. The number of phenolic OH excluding ortho intramolecular Hbond substituents is 3. The summed E-state index contributed by atoms with van der Waals surface area (Å²) in [5, 5.41) is 112. The Morgan fingerprint density at radius 2 is 1.16 bits per heavy atom. The number of ether oxygens (including phenoxy) is 4. The SMILES string of the molecule is O=c1cc(-c2ccc(O)cc2)oc2c(OC3O[C@H](CO)[C@H](O)[C@H](O)[C@H]3O)c(O)c(OC3O[C@H](CO)[C@H](O)[C@H](O)[C@H]3O)c(O)c12. The maximum Gasteiger partial charge on any atom is 0.229 e. The molecular weight excluding hydrogens is 596 g/mol. The Morgan fingerprint density at radius 1 is 0.659 bits per heavy atom. The lowest BCUT2D eigenvalue weighted by Gasteiger charge is -2.40. The van der Waals surface area contributed by atoms with Gasteiger partial charge in [-0.25, -0.2) is 0 Å². The van der Waals surface area contributed by atoms with E-state index in [0.29, 0.717) is 0 Å². The Bertz CT molecular complexity index is 1540. The molecule has 2 unspecified atom stereocenters. The van der Waals surface area contributed by atoms with Gasteiger partial charge < -0.3 is 79.5 Å². The maximum absolute atomic E-state index is 13.3. The minimum Gasteiger partial charge on any atom is -0.508 e. The predicted molar refractivity (Wildman–Crippen MR) is 142 cm³/mol. The first-order valence-electron chi connectivity index (χ1n) is 13.2. The lowest BCUT2D eigenvalue weighted by atomic mass is 9.99. The number of benzene rings is 2. The van der Waals surface area contributed by atoms with Crippen molar-refractivity contribution in [2.75, 3.05) is 13.2 Å². The highest BCUT2D eigenvalue weighted by Gasteiger charge is 2.47. The van der Waals surface area contributed by atoms with Crippen LogP contribution >= 0.6 is 0 Å².